The van der Waals surface area contributed by atoms with Gasteiger partial charge in [-0.2, -0.15) is 0 Å². The van der Waals surface area contributed by atoms with Gasteiger partial charge in [0.2, 0.25) is 10.0 Å². The first-order valence-corrected chi connectivity index (χ1v) is 9.00. The van der Waals surface area contributed by atoms with Gasteiger partial charge in [-0.05, 0) is 38.1 Å². The van der Waals surface area contributed by atoms with Crippen LogP contribution in [0.15, 0.2) is 12.1 Å². The smallest absolute Gasteiger partial charge is 0.232 e. The highest BCUT2D eigenvalue weighted by molar-refractivity contribution is 7.92. The van der Waals surface area contributed by atoms with Gasteiger partial charge in [0.25, 0.3) is 0 Å². The summed E-state index contributed by atoms with van der Waals surface area (Å²) in [5, 5.41) is 3.89. The molecule has 1 rings (SSSR count). The van der Waals surface area contributed by atoms with Crippen molar-refractivity contribution in [2.45, 2.75) is 19.8 Å². The lowest BCUT2D eigenvalue weighted by Crippen LogP contribution is -2.22. The molecular weight excluding hydrogens is 343 g/mol. The third-order valence-corrected chi connectivity index (χ3v) is 4.86. The summed E-state index contributed by atoms with van der Waals surface area (Å²) in [6.07, 6.45) is 1.54. The molecule has 0 saturated heterocycles. The number of benzene rings is 1. The van der Waals surface area contributed by atoms with Crippen LogP contribution in [0.4, 0.5) is 5.69 Å². The maximum Gasteiger partial charge on any atom is 0.232 e. The molecule has 0 atom stereocenters. The van der Waals surface area contributed by atoms with Crippen molar-refractivity contribution in [2.75, 3.05) is 23.6 Å². The zero-order chi connectivity index (χ0) is 15.2. The summed E-state index contributed by atoms with van der Waals surface area (Å²) < 4.78 is 26.2. The van der Waals surface area contributed by atoms with Crippen LogP contribution in [0.5, 0.6) is 0 Å². The predicted molar refractivity (Wildman–Crippen MR) is 86.7 cm³/mol. The summed E-state index contributed by atoms with van der Waals surface area (Å²) in [7, 11) is -3.45. The largest absolute Gasteiger partial charge is 0.317 e. The molecule has 2 N–H and O–H groups in total. The average molecular weight is 360 g/mol. The second kappa shape index (κ2) is 8.29. The highest BCUT2D eigenvalue weighted by atomic mass is 35.5. The third-order valence-electron chi connectivity index (χ3n) is 2.47. The number of anilines is 1. The first-order chi connectivity index (χ1) is 9.35. The van der Waals surface area contributed by atoms with E-state index in [0.29, 0.717) is 13.0 Å². The minimum atomic E-state index is -3.45. The lowest BCUT2D eigenvalue weighted by atomic mass is 10.3. The minimum absolute atomic E-state index is 0.0142. The van der Waals surface area contributed by atoms with Gasteiger partial charge in [-0.15, -0.1) is 0 Å². The van der Waals surface area contributed by atoms with Gasteiger partial charge in [-0.25, -0.2) is 8.42 Å². The van der Waals surface area contributed by atoms with Crippen LogP contribution in [-0.4, -0.2) is 27.3 Å². The molecule has 8 heteroatoms. The Bertz CT molecular complexity index is 550. The summed E-state index contributed by atoms with van der Waals surface area (Å²) in [5.74, 6) is 0.0142. The second-order valence-electron chi connectivity index (χ2n) is 4.27. The molecule has 0 aromatic heterocycles. The van der Waals surface area contributed by atoms with E-state index in [1.807, 2.05) is 0 Å². The number of nitrogens with one attached hydrogen (secondary N) is 2. The zero-order valence-electron chi connectivity index (χ0n) is 11.0. The van der Waals surface area contributed by atoms with Crippen LogP contribution in [0.2, 0.25) is 15.1 Å². The van der Waals surface area contributed by atoms with Crippen LogP contribution in [0, 0.1) is 0 Å². The maximum absolute atomic E-state index is 11.9. The number of hydrogen-bond acceptors (Lipinski definition) is 3. The van der Waals surface area contributed by atoms with Gasteiger partial charge in [0.15, 0.2) is 0 Å². The van der Waals surface area contributed by atoms with Crippen molar-refractivity contribution in [1.29, 1.82) is 0 Å². The highest BCUT2D eigenvalue weighted by Gasteiger charge is 2.14. The van der Waals surface area contributed by atoms with Crippen molar-refractivity contribution in [3.63, 3.8) is 0 Å². The molecule has 1 aromatic rings. The number of rotatable bonds is 8. The molecule has 0 unspecified atom stereocenters. The van der Waals surface area contributed by atoms with Crippen molar-refractivity contribution in [1.82, 2.24) is 5.32 Å². The van der Waals surface area contributed by atoms with Crippen LogP contribution in [0.1, 0.15) is 19.8 Å². The monoisotopic (exact) mass is 358 g/mol. The van der Waals surface area contributed by atoms with Gasteiger partial charge >= 0.3 is 0 Å². The molecule has 114 valence electrons. The standard InChI is InChI=1S/C12H17Cl3N2O2S/c1-2-4-16-5-3-6-20(18,19)17-12-8-10(14)9(13)7-11(12)15/h7-8,16-17H,2-6H2,1H3. The average Bonchev–Trinajstić information content (AvgIpc) is 2.35. The van der Waals surface area contributed by atoms with Crippen LogP contribution < -0.4 is 10.0 Å². The molecule has 0 saturated carbocycles. The van der Waals surface area contributed by atoms with E-state index >= 15 is 0 Å². The van der Waals surface area contributed by atoms with E-state index in [1.54, 1.807) is 0 Å². The van der Waals surface area contributed by atoms with Crippen LogP contribution in [0.25, 0.3) is 0 Å². The van der Waals surface area contributed by atoms with E-state index in [1.165, 1.54) is 12.1 Å². The Balaban J connectivity index is 2.60. The van der Waals surface area contributed by atoms with Crippen molar-refractivity contribution in [3.05, 3.63) is 27.2 Å². The topological polar surface area (TPSA) is 58.2 Å². The fourth-order valence-corrected chi connectivity index (χ4v) is 3.29. The molecule has 0 aliphatic rings. The summed E-state index contributed by atoms with van der Waals surface area (Å²) >= 11 is 17.6. The molecule has 0 bridgehead atoms. The van der Waals surface area contributed by atoms with E-state index in [4.69, 9.17) is 34.8 Å². The molecule has 4 nitrogen and oxygen atoms in total. The Morgan fingerprint density at radius 3 is 2.35 bits per heavy atom. The normalized spacial score (nSPS) is 11.6. The van der Waals surface area contributed by atoms with Gasteiger partial charge in [-0.3, -0.25) is 4.72 Å². The molecule has 0 heterocycles. The lowest BCUT2D eigenvalue weighted by Gasteiger charge is -2.11. The SMILES string of the molecule is CCCNCCCS(=O)(=O)Nc1cc(Cl)c(Cl)cc1Cl. The van der Waals surface area contributed by atoms with Crippen LogP contribution in [-0.2, 0) is 10.0 Å². The summed E-state index contributed by atoms with van der Waals surface area (Å²) in [5.41, 5.74) is 0.239. The predicted octanol–water partition coefficient (Wildman–Crippen LogP) is 3.78. The molecule has 1 aromatic carbocycles. The van der Waals surface area contributed by atoms with Gasteiger partial charge in [0.05, 0.1) is 26.5 Å². The van der Waals surface area contributed by atoms with Gasteiger partial charge < -0.3 is 5.32 Å². The summed E-state index contributed by atoms with van der Waals surface area (Å²) in [6.45, 7) is 3.59. The quantitative estimate of drug-likeness (QED) is 0.548. The Hall–Kier alpha value is -0.200. The summed E-state index contributed by atoms with van der Waals surface area (Å²) in [6, 6.07) is 2.81. The number of halogens is 3. The fourth-order valence-electron chi connectivity index (χ4n) is 1.51. The van der Waals surface area contributed by atoms with Gasteiger partial charge in [-0.1, -0.05) is 41.7 Å². The number of sulfonamides is 1. The summed E-state index contributed by atoms with van der Waals surface area (Å²) in [4.78, 5) is 0. The molecule has 0 amide bonds. The van der Waals surface area contributed by atoms with Crippen molar-refractivity contribution in [2.24, 2.45) is 0 Å². The second-order valence-corrected chi connectivity index (χ2v) is 7.33. The van der Waals surface area contributed by atoms with Crippen molar-refractivity contribution in [3.8, 4) is 0 Å². The first kappa shape index (κ1) is 17.9. The Morgan fingerprint density at radius 1 is 1.05 bits per heavy atom. The lowest BCUT2D eigenvalue weighted by molar-refractivity contribution is 0.593. The Labute approximate surface area is 134 Å². The molecule has 0 spiro atoms. The van der Waals surface area contributed by atoms with E-state index in [9.17, 15) is 8.42 Å². The van der Waals surface area contributed by atoms with Crippen LogP contribution in [0.3, 0.4) is 0 Å². The van der Waals surface area contributed by atoms with Crippen LogP contribution >= 0.6 is 34.8 Å². The van der Waals surface area contributed by atoms with E-state index in [0.717, 1.165) is 13.0 Å². The minimum Gasteiger partial charge on any atom is -0.317 e. The Morgan fingerprint density at radius 2 is 1.70 bits per heavy atom. The molecule has 0 aliphatic carbocycles. The maximum atomic E-state index is 11.9. The van der Waals surface area contributed by atoms with E-state index in [2.05, 4.69) is 17.0 Å². The number of hydrogen-bond donors (Lipinski definition) is 2. The fraction of sp³-hybridized carbons (Fsp3) is 0.500. The Kier molecular flexibility index (Phi) is 7.40. The van der Waals surface area contributed by atoms with Crippen molar-refractivity contribution < 1.29 is 8.42 Å². The highest BCUT2D eigenvalue weighted by Crippen LogP contribution is 2.32. The molecular formula is C12H17Cl3N2O2S. The molecule has 0 radical (unpaired) electrons. The van der Waals surface area contributed by atoms with E-state index in [-0.39, 0.29) is 26.5 Å². The molecule has 0 fully saturated rings. The zero-order valence-corrected chi connectivity index (χ0v) is 14.1. The molecule has 20 heavy (non-hydrogen) atoms. The first-order valence-electron chi connectivity index (χ1n) is 6.21. The van der Waals surface area contributed by atoms with E-state index < -0.39 is 10.0 Å². The van der Waals surface area contributed by atoms with Crippen molar-refractivity contribution >= 4 is 50.5 Å². The van der Waals surface area contributed by atoms with Gasteiger partial charge in [0.1, 0.15) is 0 Å². The molecule has 0 aliphatic heterocycles. The third kappa shape index (κ3) is 6.06. The van der Waals surface area contributed by atoms with Gasteiger partial charge in [0, 0.05) is 0 Å².